The van der Waals surface area contributed by atoms with E-state index in [9.17, 15) is 5.11 Å². The van der Waals surface area contributed by atoms with Crippen LogP contribution in [-0.2, 0) is 9.47 Å². The van der Waals surface area contributed by atoms with E-state index in [1.165, 1.54) is 0 Å². The van der Waals surface area contributed by atoms with Crippen LogP contribution in [0.2, 0.25) is 0 Å². The molecule has 0 unspecified atom stereocenters. The SMILES string of the molecule is C[C@H]1C[C@@H](O)[C@@H](COC(C)(C)C)O1. The highest BCUT2D eigenvalue weighted by atomic mass is 16.6. The molecular weight excluding hydrogens is 168 g/mol. The predicted molar refractivity (Wildman–Crippen MR) is 50.7 cm³/mol. The van der Waals surface area contributed by atoms with Crippen LogP contribution >= 0.6 is 0 Å². The fraction of sp³-hybridized carbons (Fsp3) is 1.00. The molecule has 0 aromatic carbocycles. The summed E-state index contributed by atoms with van der Waals surface area (Å²) in [7, 11) is 0. The Morgan fingerprint density at radius 3 is 2.46 bits per heavy atom. The smallest absolute Gasteiger partial charge is 0.107 e. The van der Waals surface area contributed by atoms with Crippen molar-refractivity contribution in [3.05, 3.63) is 0 Å². The molecular formula is C10H20O3. The summed E-state index contributed by atoms with van der Waals surface area (Å²) < 4.78 is 11.0. The van der Waals surface area contributed by atoms with E-state index in [1.54, 1.807) is 0 Å². The van der Waals surface area contributed by atoms with Crippen LogP contribution in [0.25, 0.3) is 0 Å². The van der Waals surface area contributed by atoms with Crippen molar-refractivity contribution in [1.29, 1.82) is 0 Å². The maximum Gasteiger partial charge on any atom is 0.107 e. The molecule has 0 bridgehead atoms. The molecule has 1 heterocycles. The average Bonchev–Trinajstić information content (AvgIpc) is 2.24. The first-order valence-electron chi connectivity index (χ1n) is 4.86. The van der Waals surface area contributed by atoms with Gasteiger partial charge in [-0.15, -0.1) is 0 Å². The summed E-state index contributed by atoms with van der Waals surface area (Å²) in [6, 6.07) is 0. The van der Waals surface area contributed by atoms with Crippen molar-refractivity contribution in [2.75, 3.05) is 6.61 Å². The van der Waals surface area contributed by atoms with Crippen LogP contribution < -0.4 is 0 Å². The van der Waals surface area contributed by atoms with E-state index in [4.69, 9.17) is 9.47 Å². The van der Waals surface area contributed by atoms with Crippen molar-refractivity contribution in [1.82, 2.24) is 0 Å². The van der Waals surface area contributed by atoms with Crippen LogP contribution in [-0.4, -0.2) is 35.6 Å². The number of ether oxygens (including phenoxy) is 2. The third kappa shape index (κ3) is 3.63. The molecule has 0 spiro atoms. The fourth-order valence-electron chi connectivity index (χ4n) is 1.42. The second kappa shape index (κ2) is 3.95. The number of hydrogen-bond acceptors (Lipinski definition) is 3. The molecule has 0 saturated carbocycles. The monoisotopic (exact) mass is 188 g/mol. The molecule has 1 rings (SSSR count). The van der Waals surface area contributed by atoms with Crippen LogP contribution in [0.1, 0.15) is 34.1 Å². The molecule has 1 aliphatic heterocycles. The Hall–Kier alpha value is -0.120. The molecule has 0 aromatic rings. The molecule has 1 fully saturated rings. The molecule has 0 amide bonds. The Bertz CT molecular complexity index is 162. The van der Waals surface area contributed by atoms with Crippen LogP contribution in [0.4, 0.5) is 0 Å². The van der Waals surface area contributed by atoms with E-state index in [2.05, 4.69) is 0 Å². The third-order valence-electron chi connectivity index (χ3n) is 2.09. The number of hydrogen-bond donors (Lipinski definition) is 1. The number of aliphatic hydroxyl groups is 1. The quantitative estimate of drug-likeness (QED) is 0.710. The summed E-state index contributed by atoms with van der Waals surface area (Å²) in [6.45, 7) is 8.45. The number of rotatable bonds is 2. The zero-order chi connectivity index (χ0) is 10.1. The maximum absolute atomic E-state index is 9.55. The lowest BCUT2D eigenvalue weighted by Gasteiger charge is -2.23. The van der Waals surface area contributed by atoms with Gasteiger partial charge in [-0.25, -0.2) is 0 Å². The summed E-state index contributed by atoms with van der Waals surface area (Å²) in [5.41, 5.74) is -0.158. The third-order valence-corrected chi connectivity index (χ3v) is 2.09. The molecule has 3 nitrogen and oxygen atoms in total. The molecule has 1 aliphatic rings. The molecule has 3 heteroatoms. The van der Waals surface area contributed by atoms with Gasteiger partial charge in [-0.3, -0.25) is 0 Å². The topological polar surface area (TPSA) is 38.7 Å². The van der Waals surface area contributed by atoms with Gasteiger partial charge in [0, 0.05) is 6.42 Å². The Labute approximate surface area is 80.0 Å². The first-order chi connectivity index (χ1) is 5.88. The molecule has 0 aromatic heterocycles. The van der Waals surface area contributed by atoms with Gasteiger partial charge in [0.1, 0.15) is 6.10 Å². The van der Waals surface area contributed by atoms with Crippen molar-refractivity contribution < 1.29 is 14.6 Å². The Morgan fingerprint density at radius 1 is 1.46 bits per heavy atom. The molecule has 0 radical (unpaired) electrons. The van der Waals surface area contributed by atoms with Gasteiger partial charge >= 0.3 is 0 Å². The maximum atomic E-state index is 9.55. The summed E-state index contributed by atoms with van der Waals surface area (Å²) in [5, 5.41) is 9.55. The first kappa shape index (κ1) is 11.0. The zero-order valence-corrected chi connectivity index (χ0v) is 8.91. The van der Waals surface area contributed by atoms with Gasteiger partial charge in [0.15, 0.2) is 0 Å². The predicted octanol–water partition coefficient (Wildman–Crippen LogP) is 1.34. The molecule has 1 saturated heterocycles. The average molecular weight is 188 g/mol. The molecule has 1 N–H and O–H groups in total. The second-order valence-electron chi connectivity index (χ2n) is 4.71. The summed E-state index contributed by atoms with van der Waals surface area (Å²) in [6.07, 6.45) is 0.369. The lowest BCUT2D eigenvalue weighted by molar-refractivity contribution is -0.0862. The van der Waals surface area contributed by atoms with Gasteiger partial charge in [0.2, 0.25) is 0 Å². The van der Waals surface area contributed by atoms with Crippen molar-refractivity contribution in [3.8, 4) is 0 Å². The van der Waals surface area contributed by atoms with E-state index in [0.29, 0.717) is 6.61 Å². The van der Waals surface area contributed by atoms with Crippen LogP contribution in [0.3, 0.4) is 0 Å². The van der Waals surface area contributed by atoms with Gasteiger partial charge < -0.3 is 14.6 Å². The van der Waals surface area contributed by atoms with Crippen LogP contribution in [0, 0.1) is 0 Å². The van der Waals surface area contributed by atoms with Gasteiger partial charge in [-0.1, -0.05) is 0 Å². The summed E-state index contributed by atoms with van der Waals surface area (Å²) >= 11 is 0. The van der Waals surface area contributed by atoms with E-state index in [0.717, 1.165) is 6.42 Å². The van der Waals surface area contributed by atoms with Gasteiger partial charge in [-0.2, -0.15) is 0 Å². The minimum atomic E-state index is -0.364. The van der Waals surface area contributed by atoms with Crippen LogP contribution in [0.15, 0.2) is 0 Å². The van der Waals surface area contributed by atoms with Crippen LogP contribution in [0.5, 0.6) is 0 Å². The van der Waals surface area contributed by atoms with Crippen molar-refractivity contribution in [2.24, 2.45) is 0 Å². The highest BCUT2D eigenvalue weighted by molar-refractivity contribution is 4.80. The highest BCUT2D eigenvalue weighted by Crippen LogP contribution is 2.21. The minimum absolute atomic E-state index is 0.144. The number of aliphatic hydroxyl groups excluding tert-OH is 1. The van der Waals surface area contributed by atoms with Crippen molar-refractivity contribution in [3.63, 3.8) is 0 Å². The van der Waals surface area contributed by atoms with Gasteiger partial charge in [-0.05, 0) is 27.7 Å². The Kier molecular flexibility index (Phi) is 3.33. The molecule has 78 valence electrons. The fourth-order valence-corrected chi connectivity index (χ4v) is 1.42. The van der Waals surface area contributed by atoms with E-state index < -0.39 is 0 Å². The summed E-state index contributed by atoms with van der Waals surface area (Å²) in [5.74, 6) is 0. The lowest BCUT2D eigenvalue weighted by Crippen LogP contribution is -2.31. The Balaban J connectivity index is 2.30. The molecule has 3 atom stereocenters. The molecule has 13 heavy (non-hydrogen) atoms. The van der Waals surface area contributed by atoms with E-state index in [1.807, 2.05) is 27.7 Å². The first-order valence-corrected chi connectivity index (χ1v) is 4.86. The zero-order valence-electron chi connectivity index (χ0n) is 8.91. The van der Waals surface area contributed by atoms with Gasteiger partial charge in [0.05, 0.1) is 24.4 Å². The van der Waals surface area contributed by atoms with Gasteiger partial charge in [0.25, 0.3) is 0 Å². The normalized spacial score (nSPS) is 35.3. The second-order valence-corrected chi connectivity index (χ2v) is 4.71. The standard InChI is InChI=1S/C10H20O3/c1-7-5-8(11)9(13-7)6-12-10(2,3)4/h7-9,11H,5-6H2,1-4H3/t7-,8+,9+/m0/s1. The van der Waals surface area contributed by atoms with E-state index >= 15 is 0 Å². The summed E-state index contributed by atoms with van der Waals surface area (Å²) in [4.78, 5) is 0. The Morgan fingerprint density at radius 2 is 2.08 bits per heavy atom. The largest absolute Gasteiger partial charge is 0.390 e. The van der Waals surface area contributed by atoms with Crippen molar-refractivity contribution >= 4 is 0 Å². The van der Waals surface area contributed by atoms with E-state index in [-0.39, 0.29) is 23.9 Å². The minimum Gasteiger partial charge on any atom is -0.390 e. The van der Waals surface area contributed by atoms with Crippen molar-refractivity contribution in [2.45, 2.75) is 58.0 Å². The lowest BCUT2D eigenvalue weighted by atomic mass is 10.1. The molecule has 0 aliphatic carbocycles. The highest BCUT2D eigenvalue weighted by Gasteiger charge is 2.32.